The molecule has 1 rings (SSSR count). The predicted octanol–water partition coefficient (Wildman–Crippen LogP) is 1.53. The minimum absolute atomic E-state index is 0.114. The molecule has 0 bridgehead atoms. The van der Waals surface area contributed by atoms with Crippen molar-refractivity contribution in [3.05, 3.63) is 0 Å². The average molecular weight is 176 g/mol. The van der Waals surface area contributed by atoms with Crippen molar-refractivity contribution in [2.45, 2.75) is 32.2 Å². The smallest absolute Gasteiger partial charge is 0.220 e. The van der Waals surface area contributed by atoms with Crippen LogP contribution >= 0.6 is 11.6 Å². The summed E-state index contributed by atoms with van der Waals surface area (Å²) in [4.78, 5) is 11.1. The van der Waals surface area contributed by atoms with Gasteiger partial charge in [0.25, 0.3) is 0 Å². The monoisotopic (exact) mass is 175 g/mol. The number of amides is 1. The van der Waals surface area contributed by atoms with E-state index in [9.17, 15) is 4.79 Å². The van der Waals surface area contributed by atoms with E-state index < -0.39 is 0 Å². The normalized spacial score (nSPS) is 19.5. The fraction of sp³-hybridized carbons (Fsp3) is 0.875. The third-order valence-electron chi connectivity index (χ3n) is 1.81. The number of hydrogen-bond acceptors (Lipinski definition) is 1. The number of carbonyl (C=O) groups excluding carboxylic acids is 1. The third kappa shape index (κ3) is 3.61. The van der Waals surface area contributed by atoms with Crippen LogP contribution in [0.4, 0.5) is 0 Å². The van der Waals surface area contributed by atoms with Gasteiger partial charge < -0.3 is 5.32 Å². The first-order chi connectivity index (χ1) is 5.22. The number of hydrogen-bond donors (Lipinski definition) is 1. The highest BCUT2D eigenvalue weighted by atomic mass is 35.5. The maximum absolute atomic E-state index is 11.1. The summed E-state index contributed by atoms with van der Waals surface area (Å²) in [6, 6.07) is 0.114. The van der Waals surface area contributed by atoms with Gasteiger partial charge in [-0.2, -0.15) is 0 Å². The zero-order valence-corrected chi connectivity index (χ0v) is 7.53. The van der Waals surface area contributed by atoms with Crippen LogP contribution in [-0.2, 0) is 4.79 Å². The Hall–Kier alpha value is -0.240. The second-order valence-corrected chi connectivity index (χ2v) is 3.58. The van der Waals surface area contributed by atoms with E-state index >= 15 is 0 Å². The lowest BCUT2D eigenvalue weighted by Crippen LogP contribution is -2.33. The summed E-state index contributed by atoms with van der Waals surface area (Å²) >= 11 is 5.53. The lowest BCUT2D eigenvalue weighted by molar-refractivity contribution is -0.121. The second-order valence-electron chi connectivity index (χ2n) is 3.27. The number of nitrogens with one attached hydrogen (secondary N) is 1. The molecule has 1 unspecified atom stereocenters. The van der Waals surface area contributed by atoms with E-state index in [1.165, 1.54) is 12.8 Å². The molecule has 1 fully saturated rings. The molecule has 1 aliphatic carbocycles. The molecular weight excluding hydrogens is 162 g/mol. The van der Waals surface area contributed by atoms with E-state index in [4.69, 9.17) is 11.6 Å². The van der Waals surface area contributed by atoms with Crippen LogP contribution in [0.15, 0.2) is 0 Å². The van der Waals surface area contributed by atoms with Gasteiger partial charge in [-0.25, -0.2) is 0 Å². The van der Waals surface area contributed by atoms with Gasteiger partial charge in [0.05, 0.1) is 0 Å². The Kier molecular flexibility index (Phi) is 3.18. The Balaban J connectivity index is 2.08. The molecule has 1 atom stereocenters. The van der Waals surface area contributed by atoms with Crippen LogP contribution in [0.1, 0.15) is 26.2 Å². The highest BCUT2D eigenvalue weighted by molar-refractivity contribution is 6.18. The van der Waals surface area contributed by atoms with Crippen molar-refractivity contribution in [2.75, 3.05) is 5.88 Å². The SMILES string of the molecule is CC(CCl)NC(=O)CC1CC1. The Morgan fingerprint density at radius 1 is 1.73 bits per heavy atom. The molecule has 3 heteroatoms. The lowest BCUT2D eigenvalue weighted by Gasteiger charge is -2.09. The van der Waals surface area contributed by atoms with Crippen LogP contribution in [-0.4, -0.2) is 17.8 Å². The summed E-state index contributed by atoms with van der Waals surface area (Å²) in [6.45, 7) is 1.91. The van der Waals surface area contributed by atoms with Crippen molar-refractivity contribution < 1.29 is 4.79 Å². The summed E-state index contributed by atoms with van der Waals surface area (Å²) in [5.74, 6) is 1.31. The van der Waals surface area contributed by atoms with Crippen molar-refractivity contribution in [1.29, 1.82) is 0 Å². The third-order valence-corrected chi connectivity index (χ3v) is 2.27. The molecule has 1 N–H and O–H groups in total. The van der Waals surface area contributed by atoms with Gasteiger partial charge >= 0.3 is 0 Å². The Labute approximate surface area is 72.3 Å². The lowest BCUT2D eigenvalue weighted by atomic mass is 10.2. The van der Waals surface area contributed by atoms with Crippen LogP contribution in [0.5, 0.6) is 0 Å². The van der Waals surface area contributed by atoms with Gasteiger partial charge in [0.15, 0.2) is 0 Å². The van der Waals surface area contributed by atoms with Crippen molar-refractivity contribution in [3.8, 4) is 0 Å². The Morgan fingerprint density at radius 2 is 2.36 bits per heavy atom. The van der Waals surface area contributed by atoms with Crippen molar-refractivity contribution in [1.82, 2.24) is 5.32 Å². The minimum Gasteiger partial charge on any atom is -0.352 e. The summed E-state index contributed by atoms with van der Waals surface area (Å²) in [6.07, 6.45) is 3.15. The number of alkyl halides is 1. The zero-order valence-electron chi connectivity index (χ0n) is 6.77. The molecule has 0 aromatic heterocycles. The standard InChI is InChI=1S/C8H14ClNO/c1-6(5-9)10-8(11)4-7-2-3-7/h6-7H,2-5H2,1H3,(H,10,11). The van der Waals surface area contributed by atoms with Gasteiger partial charge in [0, 0.05) is 18.3 Å². The average Bonchev–Trinajstić information content (AvgIpc) is 2.71. The van der Waals surface area contributed by atoms with Crippen molar-refractivity contribution in [2.24, 2.45) is 5.92 Å². The first kappa shape index (κ1) is 8.85. The number of halogens is 1. The summed E-state index contributed by atoms with van der Waals surface area (Å²) < 4.78 is 0. The van der Waals surface area contributed by atoms with Crippen molar-refractivity contribution in [3.63, 3.8) is 0 Å². The van der Waals surface area contributed by atoms with E-state index in [2.05, 4.69) is 5.32 Å². The maximum atomic E-state index is 11.1. The molecule has 0 aliphatic heterocycles. The topological polar surface area (TPSA) is 29.1 Å². The first-order valence-corrected chi connectivity index (χ1v) is 4.61. The Bertz CT molecular complexity index is 145. The molecule has 1 aliphatic rings. The molecular formula is C8H14ClNO. The zero-order chi connectivity index (χ0) is 8.27. The predicted molar refractivity (Wildman–Crippen MR) is 45.7 cm³/mol. The van der Waals surface area contributed by atoms with Crippen LogP contribution in [0, 0.1) is 5.92 Å². The fourth-order valence-electron chi connectivity index (χ4n) is 0.956. The molecule has 1 amide bonds. The molecule has 0 spiro atoms. The van der Waals surface area contributed by atoms with Crippen molar-refractivity contribution >= 4 is 17.5 Å². The highest BCUT2D eigenvalue weighted by Gasteiger charge is 2.24. The molecule has 1 saturated carbocycles. The first-order valence-electron chi connectivity index (χ1n) is 4.07. The van der Waals surface area contributed by atoms with Gasteiger partial charge in [0.1, 0.15) is 0 Å². The number of rotatable bonds is 4. The van der Waals surface area contributed by atoms with E-state index in [1.807, 2.05) is 6.92 Å². The summed E-state index contributed by atoms with van der Waals surface area (Å²) in [7, 11) is 0. The molecule has 0 aromatic carbocycles. The summed E-state index contributed by atoms with van der Waals surface area (Å²) in [5.41, 5.74) is 0. The molecule has 64 valence electrons. The molecule has 11 heavy (non-hydrogen) atoms. The Morgan fingerprint density at radius 3 is 2.82 bits per heavy atom. The molecule has 0 heterocycles. The molecule has 2 nitrogen and oxygen atoms in total. The largest absolute Gasteiger partial charge is 0.352 e. The van der Waals surface area contributed by atoms with Crippen LogP contribution in [0.25, 0.3) is 0 Å². The molecule has 0 aromatic rings. The van der Waals surface area contributed by atoms with Gasteiger partial charge in [-0.3, -0.25) is 4.79 Å². The second kappa shape index (κ2) is 3.96. The number of carbonyl (C=O) groups is 1. The van der Waals surface area contributed by atoms with Gasteiger partial charge in [0.2, 0.25) is 5.91 Å². The quantitative estimate of drug-likeness (QED) is 0.646. The fourth-order valence-corrected chi connectivity index (χ4v) is 1.03. The van der Waals surface area contributed by atoms with E-state index in [0.29, 0.717) is 18.2 Å². The van der Waals surface area contributed by atoms with E-state index in [1.54, 1.807) is 0 Å². The maximum Gasteiger partial charge on any atom is 0.220 e. The van der Waals surface area contributed by atoms with E-state index in [0.717, 1.165) is 0 Å². The molecule has 0 radical (unpaired) electrons. The summed E-state index contributed by atoms with van der Waals surface area (Å²) in [5, 5.41) is 2.83. The minimum atomic E-state index is 0.114. The van der Waals surface area contributed by atoms with Gasteiger partial charge in [-0.1, -0.05) is 0 Å². The van der Waals surface area contributed by atoms with E-state index in [-0.39, 0.29) is 11.9 Å². The molecule has 0 saturated heterocycles. The van der Waals surface area contributed by atoms with Crippen LogP contribution in [0.2, 0.25) is 0 Å². The highest BCUT2D eigenvalue weighted by Crippen LogP contribution is 2.32. The van der Waals surface area contributed by atoms with Crippen LogP contribution < -0.4 is 5.32 Å². The van der Waals surface area contributed by atoms with Gasteiger partial charge in [-0.15, -0.1) is 11.6 Å². The van der Waals surface area contributed by atoms with Gasteiger partial charge in [-0.05, 0) is 25.7 Å². The van der Waals surface area contributed by atoms with Crippen LogP contribution in [0.3, 0.4) is 0 Å².